The van der Waals surface area contributed by atoms with Gasteiger partial charge in [0, 0.05) is 37.7 Å². The average Bonchev–Trinajstić information content (AvgIpc) is 3.33. The van der Waals surface area contributed by atoms with Crippen LogP contribution in [-0.2, 0) is 16.6 Å². The van der Waals surface area contributed by atoms with E-state index in [0.717, 1.165) is 16.5 Å². The number of fused-ring (bicyclic) bond motifs is 1. The van der Waals surface area contributed by atoms with Crippen molar-refractivity contribution in [3.8, 4) is 23.1 Å². The zero-order valence-corrected chi connectivity index (χ0v) is 26.4. The minimum atomic E-state index is -0.864. The number of nitrogens with zero attached hydrogens (tertiary/aromatic N) is 6. The first-order valence-electron chi connectivity index (χ1n) is 14.0. The Balaban J connectivity index is 1.77. The lowest BCUT2D eigenvalue weighted by Gasteiger charge is -2.28. The second kappa shape index (κ2) is 12.5. The van der Waals surface area contributed by atoms with Gasteiger partial charge in [0.2, 0.25) is 5.91 Å². The molecule has 4 aromatic rings. The summed E-state index contributed by atoms with van der Waals surface area (Å²) in [5.74, 6) is 6.50. The fourth-order valence-corrected chi connectivity index (χ4v) is 4.36. The molecule has 0 saturated heterocycles. The van der Waals surface area contributed by atoms with E-state index in [4.69, 9.17) is 10.1 Å². The maximum atomic E-state index is 13.3. The molecule has 44 heavy (non-hydrogen) atoms. The molecule has 228 valence electrons. The number of aryl methyl sites for hydroxylation is 2. The van der Waals surface area contributed by atoms with Crippen LogP contribution in [0.2, 0.25) is 0 Å². The van der Waals surface area contributed by atoms with E-state index in [9.17, 15) is 9.59 Å². The summed E-state index contributed by atoms with van der Waals surface area (Å²) in [5, 5.41) is 19.4. The maximum absolute atomic E-state index is 13.3. The molecular weight excluding hydrogens is 558 g/mol. The zero-order chi connectivity index (χ0) is 32.3. The van der Waals surface area contributed by atoms with Crippen LogP contribution in [0.4, 0.5) is 16.3 Å². The molecular formula is C32H37N9O3. The Hall–Kier alpha value is -5.31. The van der Waals surface area contributed by atoms with Crippen LogP contribution in [0.5, 0.6) is 0 Å². The number of benzene rings is 1. The van der Waals surface area contributed by atoms with Gasteiger partial charge in [-0.05, 0) is 77.8 Å². The third-order valence-corrected chi connectivity index (χ3v) is 6.70. The molecule has 12 heteroatoms. The monoisotopic (exact) mass is 595 g/mol. The Bertz CT molecular complexity index is 1830. The van der Waals surface area contributed by atoms with Crippen molar-refractivity contribution in [2.75, 3.05) is 24.7 Å². The molecule has 1 atom stereocenters. The summed E-state index contributed by atoms with van der Waals surface area (Å²) < 4.78 is 7.21. The van der Waals surface area contributed by atoms with Crippen LogP contribution < -0.4 is 10.6 Å². The molecule has 0 bridgehead atoms. The zero-order valence-electron chi connectivity index (χ0n) is 26.4. The van der Waals surface area contributed by atoms with Crippen LogP contribution in [0.25, 0.3) is 22.2 Å². The summed E-state index contributed by atoms with van der Waals surface area (Å²) in [5.41, 5.74) is 3.85. The van der Waals surface area contributed by atoms with Crippen LogP contribution in [0.1, 0.15) is 57.4 Å². The lowest BCUT2D eigenvalue weighted by atomic mass is 10.1. The Kier molecular flexibility index (Phi) is 8.99. The smallest absolute Gasteiger partial charge is 0.410 e. The van der Waals surface area contributed by atoms with E-state index in [1.54, 1.807) is 71.6 Å². The van der Waals surface area contributed by atoms with Crippen molar-refractivity contribution in [2.45, 2.75) is 53.2 Å². The highest BCUT2D eigenvalue weighted by molar-refractivity contribution is 6.02. The van der Waals surface area contributed by atoms with E-state index in [-0.39, 0.29) is 11.5 Å². The number of anilines is 2. The molecule has 12 nitrogen and oxygen atoms in total. The highest BCUT2D eigenvalue weighted by Crippen LogP contribution is 2.31. The number of ether oxygens (including phenoxy) is 1. The molecule has 4 rings (SSSR count). The van der Waals surface area contributed by atoms with E-state index in [2.05, 4.69) is 42.5 Å². The largest absolute Gasteiger partial charge is 0.444 e. The summed E-state index contributed by atoms with van der Waals surface area (Å²) in [6.45, 7) is 10.3. The molecule has 0 aliphatic heterocycles. The molecule has 2 amide bonds. The minimum absolute atomic E-state index is 0.218. The predicted molar refractivity (Wildman–Crippen MR) is 171 cm³/mol. The fraction of sp³-hybridized carbons (Fsp3) is 0.344. The van der Waals surface area contributed by atoms with Gasteiger partial charge in [0.15, 0.2) is 0 Å². The van der Waals surface area contributed by atoms with Gasteiger partial charge in [-0.3, -0.25) is 14.4 Å². The number of pyridine rings is 1. The number of amides is 2. The summed E-state index contributed by atoms with van der Waals surface area (Å²) in [7, 11) is 5.12. The second-order valence-corrected chi connectivity index (χ2v) is 11.4. The van der Waals surface area contributed by atoms with Crippen molar-refractivity contribution < 1.29 is 14.3 Å². The molecule has 0 saturated carbocycles. The molecule has 3 heterocycles. The van der Waals surface area contributed by atoms with E-state index >= 15 is 0 Å². The van der Waals surface area contributed by atoms with Gasteiger partial charge >= 0.3 is 6.09 Å². The van der Waals surface area contributed by atoms with Crippen molar-refractivity contribution >= 4 is 40.1 Å². The van der Waals surface area contributed by atoms with Crippen molar-refractivity contribution in [1.29, 1.82) is 5.41 Å². The number of hydrogen-bond donors (Lipinski definition) is 3. The van der Waals surface area contributed by atoms with Gasteiger partial charge in [-0.2, -0.15) is 5.10 Å². The topological polar surface area (TPSA) is 151 Å². The summed E-state index contributed by atoms with van der Waals surface area (Å²) in [4.78, 5) is 40.8. The quantitative estimate of drug-likeness (QED) is 0.213. The van der Waals surface area contributed by atoms with Crippen molar-refractivity contribution in [3.05, 3.63) is 59.3 Å². The third-order valence-electron chi connectivity index (χ3n) is 6.70. The highest BCUT2D eigenvalue weighted by Gasteiger charge is 2.27. The SMILES string of the molecule is CNc1c(C(C)=N)nc(C)nc1-c1cc(C#Cc2ccc3c(cnn3C)c2)nc(NC(=O)C(C)N(C)C(=O)OC(C)(C)C)c1. The van der Waals surface area contributed by atoms with Gasteiger partial charge in [0.05, 0.1) is 28.8 Å². The van der Waals surface area contributed by atoms with Gasteiger partial charge in [-0.1, -0.05) is 5.92 Å². The number of rotatable bonds is 6. The van der Waals surface area contributed by atoms with E-state index in [1.165, 1.54) is 11.9 Å². The number of aromatic nitrogens is 5. The normalized spacial score (nSPS) is 11.8. The number of likely N-dealkylation sites (N-methyl/N-ethyl adjacent to an activating group) is 1. The molecule has 1 aromatic carbocycles. The van der Waals surface area contributed by atoms with Crippen LogP contribution in [0.15, 0.2) is 36.5 Å². The lowest BCUT2D eigenvalue weighted by molar-refractivity contribution is -0.120. The number of carbonyl (C=O) groups is 2. The Morgan fingerprint density at radius 2 is 1.84 bits per heavy atom. The highest BCUT2D eigenvalue weighted by atomic mass is 16.6. The van der Waals surface area contributed by atoms with Crippen LogP contribution in [0, 0.1) is 24.2 Å². The first-order chi connectivity index (χ1) is 20.7. The van der Waals surface area contributed by atoms with E-state index in [0.29, 0.717) is 34.2 Å². The average molecular weight is 596 g/mol. The predicted octanol–water partition coefficient (Wildman–Crippen LogP) is 4.76. The van der Waals surface area contributed by atoms with E-state index in [1.807, 2.05) is 25.2 Å². The minimum Gasteiger partial charge on any atom is -0.444 e. The molecule has 0 fully saturated rings. The summed E-state index contributed by atoms with van der Waals surface area (Å²) in [6, 6.07) is 8.39. The molecule has 0 radical (unpaired) electrons. The Morgan fingerprint density at radius 3 is 2.50 bits per heavy atom. The number of nitrogens with one attached hydrogen (secondary N) is 3. The van der Waals surface area contributed by atoms with Crippen LogP contribution in [0.3, 0.4) is 0 Å². The van der Waals surface area contributed by atoms with E-state index < -0.39 is 23.6 Å². The number of hydrogen-bond acceptors (Lipinski definition) is 9. The maximum Gasteiger partial charge on any atom is 0.410 e. The summed E-state index contributed by atoms with van der Waals surface area (Å²) >= 11 is 0. The third kappa shape index (κ3) is 7.18. The molecule has 0 aliphatic carbocycles. The van der Waals surface area contributed by atoms with Gasteiger partial charge < -0.3 is 20.8 Å². The van der Waals surface area contributed by atoms with Gasteiger partial charge in [0.25, 0.3) is 0 Å². The molecule has 3 aromatic heterocycles. The Morgan fingerprint density at radius 1 is 1.11 bits per heavy atom. The lowest BCUT2D eigenvalue weighted by Crippen LogP contribution is -2.45. The summed E-state index contributed by atoms with van der Waals surface area (Å²) in [6.07, 6.45) is 1.16. The van der Waals surface area contributed by atoms with Crippen molar-refractivity contribution in [1.82, 2.24) is 29.6 Å². The van der Waals surface area contributed by atoms with Gasteiger partial charge in [-0.15, -0.1) is 0 Å². The first kappa shape index (κ1) is 31.6. The second-order valence-electron chi connectivity index (χ2n) is 11.4. The molecule has 0 spiro atoms. The van der Waals surface area contributed by atoms with Crippen LogP contribution in [-0.4, -0.2) is 73.1 Å². The first-order valence-corrected chi connectivity index (χ1v) is 14.0. The molecule has 1 unspecified atom stereocenters. The van der Waals surface area contributed by atoms with Crippen molar-refractivity contribution in [3.63, 3.8) is 0 Å². The number of carbonyl (C=O) groups excluding carboxylic acids is 2. The molecule has 0 aliphatic rings. The standard InChI is InChI=1S/C32H37N9O3/c1-18(33)27-29(34-7)28(37-20(3)36-27)22-15-24(12-10-21-11-13-25-23(14-21)17-35-41(25)9)38-26(16-22)39-30(42)19(2)40(8)31(43)44-32(4,5)6/h11,13-17,19,33-34H,1-9H3,(H,38,39,42). The Labute approximate surface area is 256 Å². The van der Waals surface area contributed by atoms with Gasteiger partial charge in [-0.25, -0.2) is 19.7 Å². The van der Waals surface area contributed by atoms with Crippen molar-refractivity contribution in [2.24, 2.45) is 7.05 Å². The van der Waals surface area contributed by atoms with Crippen LogP contribution >= 0.6 is 0 Å². The fourth-order valence-electron chi connectivity index (χ4n) is 4.36. The van der Waals surface area contributed by atoms with Gasteiger partial charge in [0.1, 0.15) is 34.7 Å². The molecule has 3 N–H and O–H groups in total.